The van der Waals surface area contributed by atoms with Crippen LogP contribution in [0, 0.1) is 0 Å². The largest absolute Gasteiger partial charge is 0.505 e. The van der Waals surface area contributed by atoms with E-state index in [1.165, 1.54) is 12.1 Å². The van der Waals surface area contributed by atoms with Gasteiger partial charge in [0.05, 0.1) is 11.6 Å². The molecular formula is C23H19F3N4O. The molecule has 0 spiro atoms. The highest BCUT2D eigenvalue weighted by molar-refractivity contribution is 5.85. The maximum absolute atomic E-state index is 13.0. The number of hydrogen-bond donors (Lipinski definition) is 2. The molecule has 0 aliphatic rings. The third-order valence-electron chi connectivity index (χ3n) is 5.01. The van der Waals surface area contributed by atoms with E-state index in [4.69, 9.17) is 0 Å². The average Bonchev–Trinajstić information content (AvgIpc) is 2.78. The zero-order valence-electron chi connectivity index (χ0n) is 16.6. The Morgan fingerprint density at radius 1 is 0.968 bits per heavy atom. The summed E-state index contributed by atoms with van der Waals surface area (Å²) in [7, 11) is 0. The summed E-state index contributed by atoms with van der Waals surface area (Å²) in [6, 6.07) is 13.0. The lowest BCUT2D eigenvalue weighted by atomic mass is 9.95. The van der Waals surface area contributed by atoms with Crippen molar-refractivity contribution in [2.24, 2.45) is 0 Å². The third-order valence-corrected chi connectivity index (χ3v) is 5.01. The standard InChI is InChI=1S/C23H19F3N4O/c1-2-17-11-13-28-22(29-17)30-19(15-5-8-16(9-6-15)23(24,25)26)18-10-7-14-4-3-12-27-20(14)21(18)31/h3-13,19,31H,2H2,1H3,(H,28,29,30)/t19-/m1/s1. The lowest BCUT2D eigenvalue weighted by Crippen LogP contribution is -2.16. The number of hydrogen-bond acceptors (Lipinski definition) is 5. The van der Waals surface area contributed by atoms with Gasteiger partial charge in [-0.05, 0) is 36.2 Å². The number of alkyl halides is 3. The van der Waals surface area contributed by atoms with Gasteiger partial charge in [0.2, 0.25) is 5.95 Å². The molecule has 0 aliphatic carbocycles. The molecule has 0 amide bonds. The van der Waals surface area contributed by atoms with Gasteiger partial charge in [-0.25, -0.2) is 9.97 Å². The fourth-order valence-corrected chi connectivity index (χ4v) is 3.38. The molecule has 2 heterocycles. The number of nitrogens with one attached hydrogen (secondary N) is 1. The Balaban J connectivity index is 1.82. The van der Waals surface area contributed by atoms with Crippen LogP contribution in [0.3, 0.4) is 0 Å². The van der Waals surface area contributed by atoms with Crippen molar-refractivity contribution >= 4 is 16.9 Å². The van der Waals surface area contributed by atoms with Crippen molar-refractivity contribution in [3.8, 4) is 5.75 Å². The lowest BCUT2D eigenvalue weighted by molar-refractivity contribution is -0.137. The Morgan fingerprint density at radius 2 is 1.74 bits per heavy atom. The van der Waals surface area contributed by atoms with Gasteiger partial charge in [0.1, 0.15) is 11.3 Å². The minimum absolute atomic E-state index is 0.0536. The molecule has 0 bridgehead atoms. The highest BCUT2D eigenvalue weighted by Gasteiger charge is 2.30. The average molecular weight is 424 g/mol. The molecule has 0 fully saturated rings. The number of nitrogens with zero attached hydrogens (tertiary/aromatic N) is 3. The van der Waals surface area contributed by atoms with Crippen LogP contribution in [-0.2, 0) is 12.6 Å². The molecule has 0 aliphatic heterocycles. The van der Waals surface area contributed by atoms with Gasteiger partial charge in [-0.2, -0.15) is 13.2 Å². The fourth-order valence-electron chi connectivity index (χ4n) is 3.38. The Kier molecular flexibility index (Phi) is 5.46. The molecule has 0 saturated heterocycles. The number of aryl methyl sites for hydroxylation is 1. The molecule has 2 aromatic heterocycles. The number of anilines is 1. The number of pyridine rings is 1. The van der Waals surface area contributed by atoms with Gasteiger partial charge < -0.3 is 10.4 Å². The number of phenolic OH excluding ortho intramolecular Hbond substituents is 1. The van der Waals surface area contributed by atoms with Gasteiger partial charge in [-0.1, -0.05) is 37.3 Å². The molecule has 4 aromatic rings. The van der Waals surface area contributed by atoms with Gasteiger partial charge in [0.15, 0.2) is 0 Å². The van der Waals surface area contributed by atoms with Crippen LogP contribution in [0.15, 0.2) is 67.0 Å². The topological polar surface area (TPSA) is 70.9 Å². The number of phenols is 1. The predicted octanol–water partition coefficient (Wildman–Crippen LogP) is 5.51. The van der Waals surface area contributed by atoms with Crippen molar-refractivity contribution in [2.75, 3.05) is 5.32 Å². The van der Waals surface area contributed by atoms with Crippen LogP contribution in [0.2, 0.25) is 0 Å². The van der Waals surface area contributed by atoms with Gasteiger partial charge in [-0.3, -0.25) is 4.98 Å². The van der Waals surface area contributed by atoms with E-state index in [1.54, 1.807) is 36.7 Å². The van der Waals surface area contributed by atoms with Crippen LogP contribution in [0.5, 0.6) is 5.75 Å². The molecule has 0 radical (unpaired) electrons. The molecule has 5 nitrogen and oxygen atoms in total. The Bertz CT molecular complexity index is 1210. The molecule has 8 heteroatoms. The summed E-state index contributed by atoms with van der Waals surface area (Å²) in [4.78, 5) is 12.9. The minimum atomic E-state index is -4.44. The Hall–Kier alpha value is -3.68. The number of fused-ring (bicyclic) bond motifs is 1. The van der Waals surface area contributed by atoms with Gasteiger partial charge in [-0.15, -0.1) is 0 Å². The van der Waals surface area contributed by atoms with Crippen LogP contribution in [-0.4, -0.2) is 20.1 Å². The number of rotatable bonds is 5. The summed E-state index contributed by atoms with van der Waals surface area (Å²) in [5, 5.41) is 14.8. The maximum atomic E-state index is 13.0. The second-order valence-electron chi connectivity index (χ2n) is 7.00. The van der Waals surface area contributed by atoms with Crippen molar-refractivity contribution in [2.45, 2.75) is 25.6 Å². The van der Waals surface area contributed by atoms with E-state index in [9.17, 15) is 18.3 Å². The fraction of sp³-hybridized carbons (Fsp3) is 0.174. The number of halogens is 3. The summed E-state index contributed by atoms with van der Waals surface area (Å²) < 4.78 is 39.1. The summed E-state index contributed by atoms with van der Waals surface area (Å²) in [6.07, 6.45) is -0.553. The monoisotopic (exact) mass is 424 g/mol. The van der Waals surface area contributed by atoms with Crippen molar-refractivity contribution in [3.63, 3.8) is 0 Å². The second-order valence-corrected chi connectivity index (χ2v) is 7.00. The van der Waals surface area contributed by atoms with Crippen LogP contribution in [0.1, 0.15) is 35.3 Å². The van der Waals surface area contributed by atoms with E-state index in [1.807, 2.05) is 13.0 Å². The first-order chi connectivity index (χ1) is 14.9. The van der Waals surface area contributed by atoms with E-state index >= 15 is 0 Å². The quantitative estimate of drug-likeness (QED) is 0.442. The third kappa shape index (κ3) is 4.28. The summed E-state index contributed by atoms with van der Waals surface area (Å²) >= 11 is 0. The maximum Gasteiger partial charge on any atom is 0.416 e. The predicted molar refractivity (Wildman–Crippen MR) is 112 cm³/mol. The first-order valence-corrected chi connectivity index (χ1v) is 9.69. The molecular weight excluding hydrogens is 405 g/mol. The highest BCUT2D eigenvalue weighted by Crippen LogP contribution is 2.37. The van der Waals surface area contributed by atoms with Crippen LogP contribution in [0.4, 0.5) is 19.1 Å². The summed E-state index contributed by atoms with van der Waals surface area (Å²) in [5.41, 5.74) is 1.44. The molecule has 2 N–H and O–H groups in total. The first kappa shape index (κ1) is 20.6. The normalized spacial score (nSPS) is 12.6. The van der Waals surface area contributed by atoms with Gasteiger partial charge in [0, 0.05) is 29.0 Å². The van der Waals surface area contributed by atoms with Crippen LogP contribution < -0.4 is 5.32 Å². The van der Waals surface area contributed by atoms with Crippen molar-refractivity contribution in [3.05, 3.63) is 89.4 Å². The first-order valence-electron chi connectivity index (χ1n) is 9.69. The molecule has 4 rings (SSSR count). The van der Waals surface area contributed by atoms with E-state index < -0.39 is 17.8 Å². The van der Waals surface area contributed by atoms with Crippen LogP contribution in [0.25, 0.3) is 10.9 Å². The number of benzene rings is 2. The van der Waals surface area contributed by atoms with E-state index in [0.717, 1.165) is 23.2 Å². The van der Waals surface area contributed by atoms with Crippen molar-refractivity contribution < 1.29 is 18.3 Å². The molecule has 31 heavy (non-hydrogen) atoms. The van der Waals surface area contributed by atoms with Crippen LogP contribution >= 0.6 is 0 Å². The zero-order chi connectivity index (χ0) is 22.0. The van der Waals surface area contributed by atoms with E-state index in [2.05, 4.69) is 20.3 Å². The molecule has 0 unspecified atom stereocenters. The van der Waals surface area contributed by atoms with Crippen molar-refractivity contribution in [1.82, 2.24) is 15.0 Å². The molecule has 158 valence electrons. The van der Waals surface area contributed by atoms with E-state index in [-0.39, 0.29) is 5.75 Å². The summed E-state index contributed by atoms with van der Waals surface area (Å²) in [5.74, 6) is 0.256. The second kappa shape index (κ2) is 8.22. The molecule has 1 atom stereocenters. The zero-order valence-corrected chi connectivity index (χ0v) is 16.6. The SMILES string of the molecule is CCc1ccnc(N[C@H](c2ccc(C(F)(F)F)cc2)c2ccc3cccnc3c2O)n1. The highest BCUT2D eigenvalue weighted by atomic mass is 19.4. The Morgan fingerprint density at radius 3 is 2.45 bits per heavy atom. The summed E-state index contributed by atoms with van der Waals surface area (Å²) in [6.45, 7) is 1.96. The minimum Gasteiger partial charge on any atom is -0.505 e. The molecule has 0 saturated carbocycles. The van der Waals surface area contributed by atoms with Gasteiger partial charge >= 0.3 is 6.18 Å². The number of aromatic hydroxyl groups is 1. The van der Waals surface area contributed by atoms with Crippen molar-refractivity contribution in [1.29, 1.82) is 0 Å². The molecule has 2 aromatic carbocycles. The van der Waals surface area contributed by atoms with Gasteiger partial charge in [0.25, 0.3) is 0 Å². The van der Waals surface area contributed by atoms with E-state index in [0.29, 0.717) is 29.0 Å². The Labute approximate surface area is 176 Å². The smallest absolute Gasteiger partial charge is 0.416 e. The lowest BCUT2D eigenvalue weighted by Gasteiger charge is -2.22. The number of aromatic nitrogens is 3.